The fraction of sp³-hybridized carbons (Fsp3) is 0.878. The van der Waals surface area contributed by atoms with Crippen molar-refractivity contribution < 1.29 is 117 Å². The molecular formula is C74H133O24P. The summed E-state index contributed by atoms with van der Waals surface area (Å²) in [5, 5.41) is 110. The van der Waals surface area contributed by atoms with E-state index in [-0.39, 0.29) is 12.8 Å². The maximum Gasteiger partial charge on any atom is 0.472 e. The van der Waals surface area contributed by atoms with E-state index in [0.29, 0.717) is 19.3 Å². The van der Waals surface area contributed by atoms with Crippen LogP contribution in [0.25, 0.3) is 0 Å². The molecule has 0 aromatic heterocycles. The smallest absolute Gasteiger partial charge is 0.462 e. The maximum absolute atomic E-state index is 14.3. The van der Waals surface area contributed by atoms with Gasteiger partial charge in [-0.3, -0.25) is 18.6 Å². The van der Waals surface area contributed by atoms with E-state index >= 15 is 0 Å². The molecule has 0 aromatic carbocycles. The Balaban J connectivity index is 1.75. The van der Waals surface area contributed by atoms with Crippen LogP contribution in [0, 0.1) is 0 Å². The molecule has 0 amide bonds. The number of allylic oxidation sites excluding steroid dienone is 5. The Hall–Kier alpha value is -2.82. The highest BCUT2D eigenvalue weighted by Crippen LogP contribution is 2.49. The molecule has 1 aliphatic carbocycles. The number of hydrogen-bond acceptors (Lipinski definition) is 23. The second kappa shape index (κ2) is 55.6. The number of aliphatic hydroxyl groups is 10. The SMILES string of the molecule is CCCCCCCCC/C=C\CCCCCC(=O)OC(COC(=O)CCCCCCCCCCCCCCCCC)COP(=O)(O)OC1C(OC2OC(CO)C(O)C(O)C2O)C(O)C(O)C(O)C1OC1OC(COC(=O)/C=C/C=C/CCCCCCCCCCCCC)C(O)C(O)C1O. The Morgan fingerprint density at radius 3 is 1.23 bits per heavy atom. The molecule has 18 unspecified atom stereocenters. The van der Waals surface area contributed by atoms with Gasteiger partial charge < -0.3 is 89.1 Å². The normalized spacial score (nSPS) is 27.7. The molecule has 3 fully saturated rings. The Labute approximate surface area is 591 Å². The Morgan fingerprint density at radius 2 is 0.788 bits per heavy atom. The lowest BCUT2D eigenvalue weighted by Gasteiger charge is -2.49. The summed E-state index contributed by atoms with van der Waals surface area (Å²) in [5.41, 5.74) is 0. The van der Waals surface area contributed by atoms with Crippen LogP contribution in [0.3, 0.4) is 0 Å². The molecule has 0 aromatic rings. The van der Waals surface area contributed by atoms with Gasteiger partial charge in [-0.25, -0.2) is 9.36 Å². The van der Waals surface area contributed by atoms with Crippen LogP contribution in [0.2, 0.25) is 0 Å². The molecule has 578 valence electrons. The average molecular weight is 1440 g/mol. The average Bonchev–Trinajstić information content (AvgIpc) is 0.763. The van der Waals surface area contributed by atoms with Crippen molar-refractivity contribution in [2.75, 3.05) is 26.4 Å². The first-order valence-electron chi connectivity index (χ1n) is 38.3. The van der Waals surface area contributed by atoms with E-state index in [9.17, 15) is 74.9 Å². The van der Waals surface area contributed by atoms with Gasteiger partial charge in [-0.2, -0.15) is 0 Å². The van der Waals surface area contributed by atoms with Gasteiger partial charge in [0.05, 0.1) is 13.2 Å². The molecule has 2 heterocycles. The number of carbonyl (C=O) groups excluding carboxylic acids is 3. The second-order valence-corrected chi connectivity index (χ2v) is 28.8. The number of phosphoric acid groups is 1. The zero-order valence-electron chi connectivity index (χ0n) is 60.3. The molecule has 1 saturated carbocycles. The third-order valence-electron chi connectivity index (χ3n) is 18.7. The summed E-state index contributed by atoms with van der Waals surface area (Å²) in [6.07, 6.45) is 18.4. The standard InChI is InChI=1S/C74H133O24P/c1-4-7-10-13-16-19-22-25-28-31-33-36-39-42-45-48-58(76)90-52-55(93-60(78)50-47-44-41-38-35-30-27-24-21-18-15-12-9-6-3)53-92-99(88,89)98-72-70(96-73-68(86)63(81)61(79)56(51-75)94-73)66(84)65(83)67(85)71(72)97-74-69(87)64(82)62(80)57(95-74)54-91-59(77)49-46-43-40-37-34-32-29-26-23-20-17-14-11-8-5-2/h30,35,40,43,46,49,55-57,61-75,79-87H,4-29,31-34,36-39,41-42,44-45,47-48,50-54H2,1-3H3,(H,88,89)/b35-30-,43-40+,49-46+. The van der Waals surface area contributed by atoms with Crippen molar-refractivity contribution in [1.82, 2.24) is 0 Å². The van der Waals surface area contributed by atoms with Crippen molar-refractivity contribution in [3.05, 3.63) is 36.5 Å². The van der Waals surface area contributed by atoms with E-state index in [1.165, 1.54) is 154 Å². The summed E-state index contributed by atoms with van der Waals surface area (Å²) in [6, 6.07) is 0. The van der Waals surface area contributed by atoms with Crippen molar-refractivity contribution in [3.8, 4) is 0 Å². The van der Waals surface area contributed by atoms with E-state index < -0.39 is 156 Å². The second-order valence-electron chi connectivity index (χ2n) is 27.4. The molecule has 2 saturated heterocycles. The molecule has 3 aliphatic rings. The molecule has 11 N–H and O–H groups in total. The molecule has 0 spiro atoms. The summed E-state index contributed by atoms with van der Waals surface area (Å²) in [4.78, 5) is 50.9. The molecule has 0 bridgehead atoms. The third kappa shape index (κ3) is 38.7. The van der Waals surface area contributed by atoms with Gasteiger partial charge in [-0.05, 0) is 51.4 Å². The lowest BCUT2D eigenvalue weighted by atomic mass is 9.84. The fourth-order valence-corrected chi connectivity index (χ4v) is 13.5. The highest BCUT2D eigenvalue weighted by Gasteiger charge is 2.58. The van der Waals surface area contributed by atoms with Gasteiger partial charge >= 0.3 is 25.7 Å². The molecule has 99 heavy (non-hydrogen) atoms. The minimum Gasteiger partial charge on any atom is -0.462 e. The largest absolute Gasteiger partial charge is 0.472 e. The van der Waals surface area contributed by atoms with Gasteiger partial charge in [0.25, 0.3) is 0 Å². The molecule has 2 aliphatic heterocycles. The predicted molar refractivity (Wildman–Crippen MR) is 374 cm³/mol. The number of carbonyl (C=O) groups is 3. The van der Waals surface area contributed by atoms with E-state index in [1.807, 2.05) is 6.08 Å². The van der Waals surface area contributed by atoms with Crippen molar-refractivity contribution in [3.63, 3.8) is 0 Å². The van der Waals surface area contributed by atoms with Crippen molar-refractivity contribution >= 4 is 25.7 Å². The van der Waals surface area contributed by atoms with E-state index in [1.54, 1.807) is 6.08 Å². The number of ether oxygens (including phenoxy) is 7. The number of phosphoric ester groups is 1. The molecule has 18 atom stereocenters. The summed E-state index contributed by atoms with van der Waals surface area (Å²) in [5.74, 6) is -2.24. The fourth-order valence-electron chi connectivity index (χ4n) is 12.5. The zero-order chi connectivity index (χ0) is 72.5. The van der Waals surface area contributed by atoms with Crippen LogP contribution < -0.4 is 0 Å². The van der Waals surface area contributed by atoms with Gasteiger partial charge in [-0.15, -0.1) is 0 Å². The Kier molecular flexibility index (Phi) is 50.8. The van der Waals surface area contributed by atoms with Gasteiger partial charge in [0.1, 0.15) is 98.7 Å². The van der Waals surface area contributed by atoms with Crippen LogP contribution in [-0.2, 0) is 61.2 Å². The summed E-state index contributed by atoms with van der Waals surface area (Å²) < 4.78 is 64.8. The minimum absolute atomic E-state index is 0.0420. The van der Waals surface area contributed by atoms with Crippen molar-refractivity contribution in [1.29, 1.82) is 0 Å². The van der Waals surface area contributed by atoms with Crippen LogP contribution in [0.4, 0.5) is 0 Å². The summed E-state index contributed by atoms with van der Waals surface area (Å²) in [6.45, 7) is 3.35. The lowest BCUT2D eigenvalue weighted by Crippen LogP contribution is -2.69. The summed E-state index contributed by atoms with van der Waals surface area (Å²) >= 11 is 0. The van der Waals surface area contributed by atoms with E-state index in [4.69, 9.17) is 42.2 Å². The van der Waals surface area contributed by atoms with E-state index in [0.717, 1.165) is 89.5 Å². The maximum atomic E-state index is 14.3. The highest BCUT2D eigenvalue weighted by molar-refractivity contribution is 7.47. The lowest BCUT2D eigenvalue weighted by molar-refractivity contribution is -0.360. The van der Waals surface area contributed by atoms with Crippen LogP contribution in [0.1, 0.15) is 284 Å². The zero-order valence-corrected chi connectivity index (χ0v) is 61.2. The van der Waals surface area contributed by atoms with Gasteiger partial charge in [0, 0.05) is 18.9 Å². The molecule has 24 nitrogen and oxygen atoms in total. The monoisotopic (exact) mass is 1440 g/mol. The number of aliphatic hydroxyl groups excluding tert-OH is 10. The quantitative estimate of drug-likeness (QED) is 0.00512. The van der Waals surface area contributed by atoms with Gasteiger partial charge in [0.2, 0.25) is 0 Å². The van der Waals surface area contributed by atoms with Crippen LogP contribution in [0.15, 0.2) is 36.5 Å². The molecule has 0 radical (unpaired) electrons. The number of hydrogen-bond donors (Lipinski definition) is 11. The minimum atomic E-state index is -5.71. The first-order chi connectivity index (χ1) is 47.8. The molecular weight excluding hydrogens is 1300 g/mol. The number of esters is 3. The number of unbranched alkanes of at least 4 members (excludes halogenated alkanes) is 35. The van der Waals surface area contributed by atoms with Crippen molar-refractivity contribution in [2.45, 2.75) is 388 Å². The first kappa shape index (κ1) is 90.4. The summed E-state index contributed by atoms with van der Waals surface area (Å²) in [7, 11) is -5.71. The molecule has 3 rings (SSSR count). The van der Waals surface area contributed by atoms with Crippen LogP contribution >= 0.6 is 7.82 Å². The topological polar surface area (TPSA) is 374 Å². The van der Waals surface area contributed by atoms with Crippen LogP contribution in [-0.4, -0.2) is 204 Å². The van der Waals surface area contributed by atoms with Crippen molar-refractivity contribution in [2.24, 2.45) is 0 Å². The molecule has 25 heteroatoms. The first-order valence-corrected chi connectivity index (χ1v) is 39.8. The van der Waals surface area contributed by atoms with Crippen LogP contribution in [0.5, 0.6) is 0 Å². The highest BCUT2D eigenvalue weighted by atomic mass is 31.2. The van der Waals surface area contributed by atoms with Gasteiger partial charge in [-0.1, -0.05) is 250 Å². The number of rotatable bonds is 59. The Morgan fingerprint density at radius 1 is 0.414 bits per heavy atom. The third-order valence-corrected chi connectivity index (χ3v) is 19.7. The van der Waals surface area contributed by atoms with Gasteiger partial charge in [0.15, 0.2) is 18.7 Å². The predicted octanol–water partition coefficient (Wildman–Crippen LogP) is 10.7. The Bertz CT molecular complexity index is 2190. The van der Waals surface area contributed by atoms with E-state index in [2.05, 4.69) is 32.9 Å².